The number of amides is 12. The van der Waals surface area contributed by atoms with Gasteiger partial charge in [-0.2, -0.15) is 0 Å². The van der Waals surface area contributed by atoms with Gasteiger partial charge >= 0.3 is 24.2 Å². The molecule has 12 amide bonds. The number of anilines is 3. The summed E-state index contributed by atoms with van der Waals surface area (Å²) < 4.78 is 27.3. The Balaban J connectivity index is 0.000000162. The highest BCUT2D eigenvalue weighted by molar-refractivity contribution is 7.14. The predicted octanol–water partition coefficient (Wildman–Crippen LogP) is 10.2. The number of urea groups is 3. The van der Waals surface area contributed by atoms with Crippen LogP contribution in [0.25, 0.3) is 33.8 Å². The van der Waals surface area contributed by atoms with Crippen molar-refractivity contribution in [3.63, 3.8) is 0 Å². The van der Waals surface area contributed by atoms with Crippen LogP contribution in [0.2, 0.25) is 51.4 Å². The van der Waals surface area contributed by atoms with Gasteiger partial charge in [0.05, 0.1) is 50.9 Å². The van der Waals surface area contributed by atoms with Gasteiger partial charge in [0.2, 0.25) is 0 Å². The third-order valence-electron chi connectivity index (χ3n) is 18.5. The molecule has 3 aromatic heterocycles. The molecule has 34 heteroatoms. The number of imide groups is 3. The summed E-state index contributed by atoms with van der Waals surface area (Å²) >= 11 is 4.01. The average Bonchev–Trinajstić information content (AvgIpc) is 1.60. The molecule has 3 saturated heterocycles. The van der Waals surface area contributed by atoms with E-state index in [-0.39, 0.29) is 44.9 Å². The number of nitrogen functional groups attached to an aromatic ring is 3. The van der Waals surface area contributed by atoms with Gasteiger partial charge in [-0.1, -0.05) is 124 Å². The second-order valence-corrected chi connectivity index (χ2v) is 43.7. The summed E-state index contributed by atoms with van der Waals surface area (Å²) in [5, 5.41) is 20.3. The molecule has 3 fully saturated rings. The standard InChI is InChI=1S/C28H33N5O5SSi.C24H35N5O5SSi.C22H19N5O4S/c1-37-21-10-7-19-14-32(24(34)22(19)13-21)16-28(20-8-5-18(6-9-20)23-15-39-26(29)30-23)25(35)33(27(36)31-28)17-38-11-12-40(2,3)4;1-23(2,3)34-22(32)26-14-24(17-9-7-16(8-10-17)18-13-35-20(25)27-18)19(30)29(21(31)28-24)15-33-11-12-36(4,5)6;1-31-15-7-4-13-9-27(18(28)16(13)8-15)11-22(19(29)25-21(30)26-22)14-5-2-12(3-6-14)17-10-32-20(23)24-17/h5-10,13,15H,11-12,14,16-17H2,1-4H3,(H2,29,30)(H,31,36);7-10,13H,11-12,14-15H2,1-6H3,(H2,25,27)(H,26,32)(H,28,31);2-8,10H,9,11H2,1H3,(H2,23,24)(H2,25,26,29,30). The Morgan fingerprint density at radius 1 is 0.537 bits per heavy atom. The molecule has 0 saturated carbocycles. The molecule has 13 rings (SSSR count). The molecule has 5 aliphatic rings. The van der Waals surface area contributed by atoms with Crippen LogP contribution in [-0.2, 0) is 58.3 Å². The van der Waals surface area contributed by atoms with Crippen LogP contribution in [-0.4, -0.2) is 171 Å². The summed E-state index contributed by atoms with van der Waals surface area (Å²) in [6.45, 7) is 19.6. The number of nitrogens with zero attached hydrogens (tertiary/aromatic N) is 7. The first kappa shape index (κ1) is 78.4. The topological polar surface area (TPSA) is 390 Å². The molecule has 5 aromatic carbocycles. The number of carbonyl (C=O) groups is 9. The van der Waals surface area contributed by atoms with Gasteiger partial charge in [-0.05, 0) is 84.9 Å². The Bertz CT molecular complexity index is 4750. The van der Waals surface area contributed by atoms with Gasteiger partial charge < -0.3 is 72.0 Å². The fourth-order valence-electron chi connectivity index (χ4n) is 12.6. The minimum Gasteiger partial charge on any atom is -0.497 e. The number of alkyl carbamates (subject to hydrolysis) is 1. The lowest BCUT2D eigenvalue weighted by Crippen LogP contribution is -2.53. The molecule has 8 heterocycles. The van der Waals surface area contributed by atoms with Gasteiger partial charge in [0.1, 0.15) is 30.6 Å². The number of hydrogen-bond acceptors (Lipinski definition) is 23. The normalized spacial score (nSPS) is 18.9. The molecule has 8 aromatic rings. The molecule has 11 N–H and O–H groups in total. The Morgan fingerprint density at radius 2 is 0.917 bits per heavy atom. The molecular formula is C74H87N15O14S3Si2. The highest BCUT2D eigenvalue weighted by Gasteiger charge is 2.56. The van der Waals surface area contributed by atoms with E-state index in [0.29, 0.717) is 86.7 Å². The molecule has 0 radical (unpaired) electrons. The van der Waals surface area contributed by atoms with Crippen LogP contribution in [0.15, 0.2) is 125 Å². The van der Waals surface area contributed by atoms with Gasteiger partial charge in [-0.15, -0.1) is 34.0 Å². The molecule has 3 atom stereocenters. The molecule has 0 aliphatic carbocycles. The Kier molecular flexibility index (Phi) is 23.0. The van der Waals surface area contributed by atoms with Crippen LogP contribution in [0, 0.1) is 0 Å². The number of rotatable bonds is 24. The molecule has 3 unspecified atom stereocenters. The molecule has 29 nitrogen and oxygen atoms in total. The summed E-state index contributed by atoms with van der Waals surface area (Å²) in [6, 6.07) is 32.2. The first-order chi connectivity index (χ1) is 51.1. The fraction of sp³-hybridized carbons (Fsp3) is 0.351. The maximum Gasteiger partial charge on any atom is 0.407 e. The van der Waals surface area contributed by atoms with Crippen molar-refractivity contribution < 1.29 is 66.8 Å². The van der Waals surface area contributed by atoms with Crippen LogP contribution in [0.1, 0.15) is 69.3 Å². The number of carbonyl (C=O) groups excluding carboxylic acids is 9. The number of hydrogen-bond donors (Lipinski definition) is 8. The van der Waals surface area contributed by atoms with Crippen LogP contribution < -0.4 is 53.3 Å². The average molecular weight is 1560 g/mol. The zero-order valence-electron chi connectivity index (χ0n) is 61.7. The lowest BCUT2D eigenvalue weighted by Gasteiger charge is -2.32. The maximum atomic E-state index is 14.0. The van der Waals surface area contributed by atoms with Crippen molar-refractivity contribution in [3.05, 3.63) is 164 Å². The number of methoxy groups -OCH3 is 2. The van der Waals surface area contributed by atoms with Crippen LogP contribution >= 0.6 is 34.0 Å². The van der Waals surface area contributed by atoms with Crippen molar-refractivity contribution >= 4 is 119 Å². The number of nitrogens with two attached hydrogens (primary N) is 3. The summed E-state index contributed by atoms with van der Waals surface area (Å²) in [4.78, 5) is 136. The lowest BCUT2D eigenvalue weighted by molar-refractivity contribution is -0.136. The minimum absolute atomic E-state index is 0.0105. The highest BCUT2D eigenvalue weighted by Crippen LogP contribution is 2.39. The predicted molar refractivity (Wildman–Crippen MR) is 416 cm³/mol. The number of fused-ring (bicyclic) bond motifs is 2. The third kappa shape index (κ3) is 17.5. The van der Waals surface area contributed by atoms with Gasteiger partial charge in [0.25, 0.3) is 29.5 Å². The SMILES string of the molecule is CC(C)(C)OC(=O)NCC1(c2ccc(-c3csc(N)n3)cc2)NC(=O)N(COCC[Si](C)(C)C)C1=O.COc1ccc2c(c1)C(=O)N(CC1(c3ccc(-c4csc(N)n4)cc3)NC(=O)N(COCC[Si](C)(C)C)C1=O)C2.COc1ccc2c(c1)C(=O)N(CC1(c3ccc(-c4csc(N)n4)cc3)NC(=O)NC1=O)C2. The van der Waals surface area contributed by atoms with E-state index in [9.17, 15) is 43.2 Å². The molecule has 0 bridgehead atoms. The van der Waals surface area contributed by atoms with E-state index in [1.54, 1.807) is 110 Å². The molecule has 568 valence electrons. The van der Waals surface area contributed by atoms with Crippen molar-refractivity contribution in [2.45, 2.75) is 107 Å². The maximum absolute atomic E-state index is 14.0. The number of nitrogens with one attached hydrogen (secondary N) is 5. The van der Waals surface area contributed by atoms with Crippen molar-refractivity contribution in [2.75, 3.05) is 77.7 Å². The molecular weight excluding hydrogens is 1480 g/mol. The van der Waals surface area contributed by atoms with Crippen molar-refractivity contribution in [1.29, 1.82) is 0 Å². The van der Waals surface area contributed by atoms with E-state index in [0.717, 1.165) is 61.1 Å². The summed E-state index contributed by atoms with van der Waals surface area (Å²) in [5.74, 6) is -0.765. The highest BCUT2D eigenvalue weighted by atomic mass is 32.1. The summed E-state index contributed by atoms with van der Waals surface area (Å²) in [6.07, 6.45) is -0.691. The summed E-state index contributed by atoms with van der Waals surface area (Å²) in [5.41, 5.74) is 21.1. The van der Waals surface area contributed by atoms with Gasteiger partial charge in [0, 0.05) is 86.4 Å². The van der Waals surface area contributed by atoms with Crippen LogP contribution in [0.4, 0.5) is 34.6 Å². The minimum atomic E-state index is -1.52. The molecule has 0 spiro atoms. The van der Waals surface area contributed by atoms with E-state index in [1.165, 1.54) is 41.1 Å². The Labute approximate surface area is 638 Å². The lowest BCUT2D eigenvalue weighted by atomic mass is 9.88. The zero-order chi connectivity index (χ0) is 77.8. The quantitative estimate of drug-likeness (QED) is 0.0158. The van der Waals surface area contributed by atoms with E-state index in [2.05, 4.69) is 80.8 Å². The summed E-state index contributed by atoms with van der Waals surface area (Å²) in [7, 11) is 0.410. The first-order valence-corrected chi connectivity index (χ1v) is 44.6. The zero-order valence-corrected chi connectivity index (χ0v) is 66.2. The smallest absolute Gasteiger partial charge is 0.407 e. The Hall–Kier alpha value is -10.6. The second-order valence-electron chi connectivity index (χ2n) is 29.8. The second kappa shape index (κ2) is 31.7. The van der Waals surface area contributed by atoms with E-state index < -0.39 is 80.3 Å². The number of ether oxygens (including phenoxy) is 5. The van der Waals surface area contributed by atoms with Crippen molar-refractivity contribution in [2.24, 2.45) is 0 Å². The largest absolute Gasteiger partial charge is 0.497 e. The monoisotopic (exact) mass is 1560 g/mol. The number of thiazole rings is 3. The van der Waals surface area contributed by atoms with Crippen LogP contribution in [0.5, 0.6) is 11.5 Å². The fourth-order valence-corrected chi connectivity index (χ4v) is 15.8. The molecule has 108 heavy (non-hydrogen) atoms. The van der Waals surface area contributed by atoms with Gasteiger partial charge in [-0.25, -0.2) is 43.9 Å². The number of benzene rings is 5. The van der Waals surface area contributed by atoms with Gasteiger partial charge in [0.15, 0.2) is 32.0 Å². The van der Waals surface area contributed by atoms with Gasteiger partial charge in [-0.3, -0.25) is 29.3 Å². The van der Waals surface area contributed by atoms with E-state index in [4.69, 9.17) is 40.9 Å². The van der Waals surface area contributed by atoms with E-state index >= 15 is 0 Å². The third-order valence-corrected chi connectivity index (χ3v) is 23.9. The Morgan fingerprint density at radius 3 is 1.28 bits per heavy atom. The van der Waals surface area contributed by atoms with Crippen LogP contribution in [0.3, 0.4) is 0 Å². The number of aromatic nitrogens is 3. The first-order valence-electron chi connectivity index (χ1n) is 34.5. The van der Waals surface area contributed by atoms with Crippen molar-refractivity contribution in [3.8, 4) is 45.3 Å². The molecule has 5 aliphatic heterocycles. The van der Waals surface area contributed by atoms with E-state index in [1.807, 2.05) is 52.5 Å². The van der Waals surface area contributed by atoms with Crippen molar-refractivity contribution in [1.82, 2.24) is 61.1 Å².